The molecule has 0 saturated heterocycles. The summed E-state index contributed by atoms with van der Waals surface area (Å²) in [5, 5.41) is 11.5. The second-order valence-corrected chi connectivity index (χ2v) is 6.36. The van der Waals surface area contributed by atoms with Crippen LogP contribution in [0.2, 0.25) is 0 Å². The van der Waals surface area contributed by atoms with Crippen LogP contribution in [0.15, 0.2) is 46.2 Å². The first-order chi connectivity index (χ1) is 12.1. The zero-order valence-corrected chi connectivity index (χ0v) is 14.8. The molecule has 0 bridgehead atoms. The van der Waals surface area contributed by atoms with E-state index in [9.17, 15) is 4.79 Å². The Balaban J connectivity index is 1.65. The number of carbonyl (C=O) groups is 1. The Morgan fingerprint density at radius 1 is 1.32 bits per heavy atom. The van der Waals surface area contributed by atoms with Crippen molar-refractivity contribution in [3.8, 4) is 11.4 Å². The van der Waals surface area contributed by atoms with Crippen LogP contribution < -0.4 is 11.2 Å². The maximum absolute atomic E-state index is 12.2. The van der Waals surface area contributed by atoms with E-state index in [1.807, 2.05) is 31.2 Å². The molecule has 0 unspecified atom stereocenters. The fourth-order valence-electron chi connectivity index (χ4n) is 2.44. The Kier molecular flexibility index (Phi) is 5.08. The maximum Gasteiger partial charge on any atom is 0.234 e. The van der Waals surface area contributed by atoms with Gasteiger partial charge in [0.15, 0.2) is 5.82 Å². The average Bonchev–Trinajstić information content (AvgIpc) is 3.19. The van der Waals surface area contributed by atoms with Gasteiger partial charge in [0.05, 0.1) is 17.6 Å². The summed E-state index contributed by atoms with van der Waals surface area (Å²) in [6, 6.07) is 9.54. The van der Waals surface area contributed by atoms with Crippen molar-refractivity contribution in [2.75, 3.05) is 16.9 Å². The Morgan fingerprint density at radius 3 is 2.84 bits per heavy atom. The van der Waals surface area contributed by atoms with Crippen molar-refractivity contribution in [2.45, 2.75) is 25.4 Å². The smallest absolute Gasteiger partial charge is 0.234 e. The number of benzene rings is 1. The number of nitrogens with zero attached hydrogens (tertiary/aromatic N) is 3. The first kappa shape index (κ1) is 17.1. The van der Waals surface area contributed by atoms with Crippen LogP contribution in [0.25, 0.3) is 11.4 Å². The van der Waals surface area contributed by atoms with Crippen molar-refractivity contribution in [1.29, 1.82) is 0 Å². The zero-order valence-electron chi connectivity index (χ0n) is 14.0. The number of anilines is 1. The minimum atomic E-state index is -0.116. The minimum absolute atomic E-state index is 0.116. The normalized spacial score (nSPS) is 10.8. The van der Waals surface area contributed by atoms with Crippen LogP contribution in [0, 0.1) is 6.92 Å². The molecule has 2 heterocycles. The lowest BCUT2D eigenvalue weighted by atomic mass is 10.1. The van der Waals surface area contributed by atoms with Crippen LogP contribution in [0.3, 0.4) is 0 Å². The molecule has 0 fully saturated rings. The number of amides is 1. The second kappa shape index (κ2) is 7.43. The molecule has 3 rings (SSSR count). The topological polar surface area (TPSA) is 99.0 Å². The highest BCUT2D eigenvalue weighted by Crippen LogP contribution is 2.25. The fourth-order valence-corrected chi connectivity index (χ4v) is 3.10. The SMILES string of the molecule is CCc1ccccc1NC(=O)CSc1nnc(-c2ccoc2C)n1N. The van der Waals surface area contributed by atoms with Crippen LogP contribution in [-0.2, 0) is 11.2 Å². The summed E-state index contributed by atoms with van der Waals surface area (Å²) in [4.78, 5) is 12.2. The number of nitrogen functional groups attached to an aromatic ring is 1. The van der Waals surface area contributed by atoms with E-state index >= 15 is 0 Å². The van der Waals surface area contributed by atoms with E-state index in [1.165, 1.54) is 16.4 Å². The van der Waals surface area contributed by atoms with Crippen LogP contribution in [0.4, 0.5) is 5.69 Å². The highest BCUT2D eigenvalue weighted by Gasteiger charge is 2.16. The van der Waals surface area contributed by atoms with Gasteiger partial charge in [-0.3, -0.25) is 4.79 Å². The largest absolute Gasteiger partial charge is 0.469 e. The third-order valence-corrected chi connectivity index (χ3v) is 4.71. The number of hydrogen-bond acceptors (Lipinski definition) is 6. The van der Waals surface area contributed by atoms with E-state index in [4.69, 9.17) is 10.3 Å². The number of carbonyl (C=O) groups excluding carboxylic acids is 1. The van der Waals surface area contributed by atoms with Crippen molar-refractivity contribution in [1.82, 2.24) is 14.9 Å². The molecule has 8 heteroatoms. The molecule has 0 spiro atoms. The van der Waals surface area contributed by atoms with Crippen LogP contribution >= 0.6 is 11.8 Å². The summed E-state index contributed by atoms with van der Waals surface area (Å²) in [7, 11) is 0. The standard InChI is InChI=1S/C17H19N5O2S/c1-3-12-6-4-5-7-14(12)19-15(23)10-25-17-21-20-16(22(17)18)13-8-9-24-11(13)2/h4-9H,3,10,18H2,1-2H3,(H,19,23). The van der Waals surface area contributed by atoms with Crippen molar-refractivity contribution < 1.29 is 9.21 Å². The van der Waals surface area contributed by atoms with Gasteiger partial charge in [0, 0.05) is 5.69 Å². The van der Waals surface area contributed by atoms with Gasteiger partial charge in [0.1, 0.15) is 5.76 Å². The van der Waals surface area contributed by atoms with Gasteiger partial charge in [-0.2, -0.15) is 0 Å². The Bertz CT molecular complexity index is 887. The molecule has 0 aliphatic rings. The number of hydrogen-bond donors (Lipinski definition) is 2. The lowest BCUT2D eigenvalue weighted by Gasteiger charge is -2.09. The zero-order chi connectivity index (χ0) is 17.8. The summed E-state index contributed by atoms with van der Waals surface area (Å²) >= 11 is 1.23. The highest BCUT2D eigenvalue weighted by atomic mass is 32.2. The lowest BCUT2D eigenvalue weighted by Crippen LogP contribution is -2.17. The van der Waals surface area contributed by atoms with Gasteiger partial charge in [-0.1, -0.05) is 36.9 Å². The molecule has 2 aromatic heterocycles. The molecule has 0 saturated carbocycles. The number of rotatable bonds is 6. The van der Waals surface area contributed by atoms with Gasteiger partial charge in [0.25, 0.3) is 0 Å². The number of para-hydroxylation sites is 1. The summed E-state index contributed by atoms with van der Waals surface area (Å²) in [5.74, 6) is 7.34. The number of aromatic nitrogens is 3. The summed E-state index contributed by atoms with van der Waals surface area (Å²) < 4.78 is 6.63. The molecular formula is C17H19N5O2S. The highest BCUT2D eigenvalue weighted by molar-refractivity contribution is 7.99. The molecule has 7 nitrogen and oxygen atoms in total. The molecule has 25 heavy (non-hydrogen) atoms. The van der Waals surface area contributed by atoms with Gasteiger partial charge >= 0.3 is 0 Å². The summed E-state index contributed by atoms with van der Waals surface area (Å²) in [5.41, 5.74) is 2.71. The number of aryl methyl sites for hydroxylation is 2. The molecule has 1 aromatic carbocycles. The minimum Gasteiger partial charge on any atom is -0.469 e. The third kappa shape index (κ3) is 3.69. The maximum atomic E-state index is 12.2. The molecule has 130 valence electrons. The van der Waals surface area contributed by atoms with Crippen molar-refractivity contribution >= 4 is 23.4 Å². The lowest BCUT2D eigenvalue weighted by molar-refractivity contribution is -0.113. The van der Waals surface area contributed by atoms with E-state index in [0.717, 1.165) is 23.2 Å². The van der Waals surface area contributed by atoms with E-state index in [1.54, 1.807) is 12.3 Å². The van der Waals surface area contributed by atoms with Crippen molar-refractivity contribution in [2.24, 2.45) is 0 Å². The molecule has 3 N–H and O–H groups in total. The van der Waals surface area contributed by atoms with E-state index in [-0.39, 0.29) is 11.7 Å². The molecule has 3 aromatic rings. The first-order valence-corrected chi connectivity index (χ1v) is 8.84. The fraction of sp³-hybridized carbons (Fsp3) is 0.235. The summed E-state index contributed by atoms with van der Waals surface area (Å²) in [6.07, 6.45) is 2.43. The molecule has 0 aliphatic carbocycles. The molecule has 0 aliphatic heterocycles. The Labute approximate surface area is 149 Å². The second-order valence-electron chi connectivity index (χ2n) is 5.41. The van der Waals surface area contributed by atoms with E-state index in [2.05, 4.69) is 22.4 Å². The Morgan fingerprint density at radius 2 is 2.12 bits per heavy atom. The summed E-state index contributed by atoms with van der Waals surface area (Å²) in [6.45, 7) is 3.88. The van der Waals surface area contributed by atoms with Crippen LogP contribution in [0.5, 0.6) is 0 Å². The predicted molar refractivity (Wildman–Crippen MR) is 97.8 cm³/mol. The number of nitrogens with two attached hydrogens (primary N) is 1. The predicted octanol–water partition coefficient (Wildman–Crippen LogP) is 2.85. The molecular weight excluding hydrogens is 338 g/mol. The monoisotopic (exact) mass is 357 g/mol. The number of nitrogens with one attached hydrogen (secondary N) is 1. The molecule has 0 atom stereocenters. The van der Waals surface area contributed by atoms with Gasteiger partial charge in [-0.25, -0.2) is 4.68 Å². The number of thioether (sulfide) groups is 1. The quantitative estimate of drug-likeness (QED) is 0.520. The van der Waals surface area contributed by atoms with Gasteiger partial charge in [-0.15, -0.1) is 10.2 Å². The van der Waals surface area contributed by atoms with Crippen LogP contribution in [-0.4, -0.2) is 26.5 Å². The van der Waals surface area contributed by atoms with Crippen molar-refractivity contribution in [3.63, 3.8) is 0 Å². The van der Waals surface area contributed by atoms with Gasteiger partial charge in [-0.05, 0) is 31.0 Å². The third-order valence-electron chi connectivity index (χ3n) is 3.77. The number of furan rings is 1. The Hall–Kier alpha value is -2.74. The van der Waals surface area contributed by atoms with Gasteiger partial charge < -0.3 is 15.6 Å². The van der Waals surface area contributed by atoms with Crippen molar-refractivity contribution in [3.05, 3.63) is 47.9 Å². The van der Waals surface area contributed by atoms with E-state index in [0.29, 0.717) is 16.7 Å². The van der Waals surface area contributed by atoms with Crippen LogP contribution in [0.1, 0.15) is 18.2 Å². The van der Waals surface area contributed by atoms with Gasteiger partial charge in [0.2, 0.25) is 11.1 Å². The van der Waals surface area contributed by atoms with E-state index < -0.39 is 0 Å². The molecule has 0 radical (unpaired) electrons. The average molecular weight is 357 g/mol. The molecule has 1 amide bonds. The first-order valence-electron chi connectivity index (χ1n) is 7.85.